The highest BCUT2D eigenvalue weighted by molar-refractivity contribution is 14.0. The van der Waals surface area contributed by atoms with Gasteiger partial charge in [0.1, 0.15) is 6.61 Å². The fourth-order valence-corrected chi connectivity index (χ4v) is 2.43. The molecule has 1 aromatic carbocycles. The average molecular weight is 519 g/mol. The molecule has 0 amide bonds. The average Bonchev–Trinajstić information content (AvgIpc) is 2.69. The second-order valence-electron chi connectivity index (χ2n) is 5.84. The Balaban J connectivity index is 0.00000392. The number of guanidine groups is 1. The van der Waals surface area contributed by atoms with E-state index < -0.39 is 0 Å². The van der Waals surface area contributed by atoms with Crippen LogP contribution < -0.4 is 15.4 Å². The van der Waals surface area contributed by atoms with Gasteiger partial charge >= 0.3 is 0 Å². The molecule has 0 fully saturated rings. The predicted molar refractivity (Wildman–Crippen MR) is 125 cm³/mol. The number of rotatable bonds is 10. The summed E-state index contributed by atoms with van der Waals surface area (Å²) in [5.74, 6) is 1.37. The zero-order chi connectivity index (χ0) is 19.3. The Morgan fingerprint density at radius 3 is 2.46 bits per heavy atom. The number of nitrogens with zero attached hydrogens (tertiary/aromatic N) is 2. The number of aromatic nitrogens is 1. The lowest BCUT2D eigenvalue weighted by Crippen LogP contribution is -2.38. The lowest BCUT2D eigenvalue weighted by molar-refractivity contribution is 0.143. The minimum atomic E-state index is 0. The molecule has 2 N–H and O–H groups in total. The van der Waals surface area contributed by atoms with Crippen LogP contribution in [0.3, 0.4) is 0 Å². The van der Waals surface area contributed by atoms with Gasteiger partial charge in [-0.3, -0.25) is 0 Å². The molecular formula is C20H28ClIN4O2. The maximum absolute atomic E-state index is 5.91. The monoisotopic (exact) mass is 518 g/mol. The fourth-order valence-electron chi connectivity index (χ4n) is 2.31. The molecule has 0 radical (unpaired) electrons. The summed E-state index contributed by atoms with van der Waals surface area (Å²) in [5, 5.41) is 7.35. The van der Waals surface area contributed by atoms with Gasteiger partial charge in [-0.2, -0.15) is 0 Å². The second kappa shape index (κ2) is 14.4. The number of halogens is 2. The summed E-state index contributed by atoms with van der Waals surface area (Å²) in [6, 6.07) is 11.7. The second-order valence-corrected chi connectivity index (χ2v) is 6.28. The van der Waals surface area contributed by atoms with Crippen molar-refractivity contribution in [3.8, 4) is 5.88 Å². The van der Waals surface area contributed by atoms with Crippen LogP contribution in [0.5, 0.6) is 5.88 Å². The summed E-state index contributed by atoms with van der Waals surface area (Å²) in [6.45, 7) is 5.21. The molecule has 0 aliphatic heterocycles. The Morgan fingerprint density at radius 1 is 1.07 bits per heavy atom. The number of hydrogen-bond acceptors (Lipinski definition) is 4. The Bertz CT molecular complexity index is 696. The molecular weight excluding hydrogens is 491 g/mol. The van der Waals surface area contributed by atoms with Crippen molar-refractivity contribution in [3.05, 3.63) is 58.7 Å². The molecule has 6 nitrogen and oxygen atoms in total. The first kappa shape index (κ1) is 24.5. The van der Waals surface area contributed by atoms with Gasteiger partial charge in [0.25, 0.3) is 0 Å². The van der Waals surface area contributed by atoms with Gasteiger partial charge in [-0.15, -0.1) is 24.0 Å². The van der Waals surface area contributed by atoms with E-state index in [0.717, 1.165) is 36.1 Å². The van der Waals surface area contributed by atoms with Gasteiger partial charge in [-0.25, -0.2) is 9.98 Å². The molecule has 0 atom stereocenters. The van der Waals surface area contributed by atoms with E-state index in [1.165, 1.54) is 5.56 Å². The molecule has 0 bridgehead atoms. The predicted octanol–water partition coefficient (Wildman–Crippen LogP) is 3.68. The molecule has 0 spiro atoms. The molecule has 154 valence electrons. The van der Waals surface area contributed by atoms with Gasteiger partial charge in [-0.1, -0.05) is 29.8 Å². The molecule has 1 heterocycles. The topological polar surface area (TPSA) is 67.8 Å². The highest BCUT2D eigenvalue weighted by Gasteiger charge is 2.00. The highest BCUT2D eigenvalue weighted by Crippen LogP contribution is 2.10. The number of aliphatic imine (C=N–C) groups is 1. The molecule has 0 aliphatic carbocycles. The van der Waals surface area contributed by atoms with Gasteiger partial charge in [0.15, 0.2) is 5.96 Å². The van der Waals surface area contributed by atoms with E-state index in [9.17, 15) is 0 Å². The first-order valence-corrected chi connectivity index (χ1v) is 9.42. The van der Waals surface area contributed by atoms with E-state index in [0.29, 0.717) is 25.6 Å². The third kappa shape index (κ3) is 9.57. The van der Waals surface area contributed by atoms with Crippen LogP contribution in [0.1, 0.15) is 18.1 Å². The number of ether oxygens (including phenoxy) is 2. The maximum atomic E-state index is 5.91. The quantitative estimate of drug-likeness (QED) is 0.217. The van der Waals surface area contributed by atoms with Crippen molar-refractivity contribution in [2.75, 3.05) is 33.4 Å². The zero-order valence-corrected chi connectivity index (χ0v) is 19.4. The van der Waals surface area contributed by atoms with Gasteiger partial charge in [-0.05, 0) is 36.6 Å². The lowest BCUT2D eigenvalue weighted by atomic mass is 10.1. The van der Waals surface area contributed by atoms with Gasteiger partial charge in [0.2, 0.25) is 5.88 Å². The minimum absolute atomic E-state index is 0. The van der Waals surface area contributed by atoms with E-state index in [2.05, 4.69) is 20.6 Å². The van der Waals surface area contributed by atoms with Crippen LogP contribution in [0.25, 0.3) is 0 Å². The van der Waals surface area contributed by atoms with Crippen molar-refractivity contribution in [3.63, 3.8) is 0 Å². The van der Waals surface area contributed by atoms with Crippen molar-refractivity contribution in [2.24, 2.45) is 4.99 Å². The van der Waals surface area contributed by atoms with Crippen LogP contribution in [0, 0.1) is 0 Å². The van der Waals surface area contributed by atoms with Crippen molar-refractivity contribution in [1.82, 2.24) is 15.6 Å². The first-order valence-electron chi connectivity index (χ1n) is 9.04. The largest absolute Gasteiger partial charge is 0.475 e. The third-order valence-corrected chi connectivity index (χ3v) is 3.97. The first-order chi connectivity index (χ1) is 13.2. The number of benzene rings is 1. The normalized spacial score (nSPS) is 10.9. The van der Waals surface area contributed by atoms with E-state index in [1.54, 1.807) is 13.3 Å². The van der Waals surface area contributed by atoms with Crippen molar-refractivity contribution in [1.29, 1.82) is 0 Å². The van der Waals surface area contributed by atoms with E-state index >= 15 is 0 Å². The smallest absolute Gasteiger partial charge is 0.213 e. The van der Waals surface area contributed by atoms with Crippen LogP contribution in [-0.4, -0.2) is 44.4 Å². The Morgan fingerprint density at radius 2 is 1.82 bits per heavy atom. The van der Waals surface area contributed by atoms with Gasteiger partial charge < -0.3 is 20.1 Å². The summed E-state index contributed by atoms with van der Waals surface area (Å²) in [5.41, 5.74) is 2.25. The molecule has 8 heteroatoms. The van der Waals surface area contributed by atoms with Crippen molar-refractivity contribution < 1.29 is 9.47 Å². The summed E-state index contributed by atoms with van der Waals surface area (Å²) in [6.07, 6.45) is 2.68. The lowest BCUT2D eigenvalue weighted by Gasteiger charge is -2.11. The number of pyridine rings is 1. The summed E-state index contributed by atoms with van der Waals surface area (Å²) in [4.78, 5) is 8.89. The summed E-state index contributed by atoms with van der Waals surface area (Å²) < 4.78 is 10.4. The van der Waals surface area contributed by atoms with Crippen LogP contribution in [0.2, 0.25) is 5.02 Å². The SMILES string of the molecule is CCNC(=NCc1ccc(OCCOC)nc1)NCCc1ccc(Cl)cc1.I. The van der Waals surface area contributed by atoms with Crippen LogP contribution in [0.15, 0.2) is 47.6 Å². The third-order valence-electron chi connectivity index (χ3n) is 3.72. The molecule has 28 heavy (non-hydrogen) atoms. The zero-order valence-electron chi connectivity index (χ0n) is 16.3. The fraction of sp³-hybridized carbons (Fsp3) is 0.400. The molecule has 1 aromatic heterocycles. The van der Waals surface area contributed by atoms with Crippen molar-refractivity contribution >= 4 is 41.5 Å². The number of methoxy groups -OCH3 is 1. The Kier molecular flexibility index (Phi) is 12.6. The van der Waals surface area contributed by atoms with Gasteiger partial charge in [0.05, 0.1) is 13.2 Å². The summed E-state index contributed by atoms with van der Waals surface area (Å²) >= 11 is 5.91. The van der Waals surface area contributed by atoms with Gasteiger partial charge in [0, 0.05) is 37.5 Å². The summed E-state index contributed by atoms with van der Waals surface area (Å²) in [7, 11) is 1.64. The van der Waals surface area contributed by atoms with Crippen LogP contribution >= 0.6 is 35.6 Å². The van der Waals surface area contributed by atoms with E-state index in [-0.39, 0.29) is 24.0 Å². The maximum Gasteiger partial charge on any atom is 0.213 e. The highest BCUT2D eigenvalue weighted by atomic mass is 127. The van der Waals surface area contributed by atoms with Crippen molar-refractivity contribution in [2.45, 2.75) is 19.9 Å². The standard InChI is InChI=1S/C20H27ClN4O2.HI/c1-3-22-20(23-11-10-16-4-7-18(21)8-5-16)25-15-17-6-9-19(24-14-17)27-13-12-26-2;/h4-9,14H,3,10-13,15H2,1-2H3,(H2,22,23,25);1H. The molecule has 2 aromatic rings. The number of nitrogens with one attached hydrogen (secondary N) is 2. The molecule has 2 rings (SSSR count). The molecule has 0 aliphatic rings. The molecule has 0 saturated carbocycles. The van der Waals surface area contributed by atoms with E-state index in [1.807, 2.05) is 43.3 Å². The number of hydrogen-bond donors (Lipinski definition) is 2. The van der Waals surface area contributed by atoms with E-state index in [4.69, 9.17) is 21.1 Å². The Labute approximate surface area is 189 Å². The van der Waals surface area contributed by atoms with Crippen LogP contribution in [0.4, 0.5) is 0 Å². The van der Waals surface area contributed by atoms with Crippen LogP contribution in [-0.2, 0) is 17.7 Å². The molecule has 0 saturated heterocycles. The molecule has 0 unspecified atom stereocenters. The minimum Gasteiger partial charge on any atom is -0.475 e. The Hall–Kier alpha value is -1.58.